The number of aromatic hydroxyl groups is 1. The zero-order valence-electron chi connectivity index (χ0n) is 11.0. The molecule has 21 heavy (non-hydrogen) atoms. The fraction of sp³-hybridized carbons (Fsp3) is 0.0667. The molecule has 0 fully saturated rings. The van der Waals surface area contributed by atoms with Crippen LogP contribution in [0.1, 0.15) is 5.56 Å². The third-order valence-corrected chi connectivity index (χ3v) is 2.53. The number of para-hydroxylation sites is 2. The number of rotatable bonds is 5. The number of hydrogen-bond acceptors (Lipinski definition) is 4. The Kier molecular flexibility index (Phi) is 4.87. The Morgan fingerprint density at radius 2 is 1.95 bits per heavy atom. The number of carbonyl (C=O) groups excluding carboxylic acids is 1. The minimum atomic E-state index is -0.539. The molecule has 2 N–H and O–H groups in total. The summed E-state index contributed by atoms with van der Waals surface area (Å²) in [7, 11) is 0. The van der Waals surface area contributed by atoms with Crippen LogP contribution in [0.15, 0.2) is 53.6 Å². The molecule has 0 radical (unpaired) electrons. The van der Waals surface area contributed by atoms with E-state index < -0.39 is 11.7 Å². The van der Waals surface area contributed by atoms with E-state index in [0.29, 0.717) is 5.56 Å². The second-order valence-electron chi connectivity index (χ2n) is 4.07. The summed E-state index contributed by atoms with van der Waals surface area (Å²) in [6.45, 7) is -0.362. The fourth-order valence-corrected chi connectivity index (χ4v) is 1.51. The standard InChI is InChI=1S/C15H13FN2O3/c16-12-6-2-4-8-14(12)21-10-15(20)18-17-9-11-5-1-3-7-13(11)19/h1-9,19H,10H2,(H,18,20)/b17-9+. The van der Waals surface area contributed by atoms with E-state index in [-0.39, 0.29) is 18.1 Å². The number of hydrazone groups is 1. The van der Waals surface area contributed by atoms with Crippen molar-refractivity contribution in [3.8, 4) is 11.5 Å². The number of nitrogens with one attached hydrogen (secondary N) is 1. The summed E-state index contributed by atoms with van der Waals surface area (Å²) >= 11 is 0. The van der Waals surface area contributed by atoms with Crippen molar-refractivity contribution < 1.29 is 19.0 Å². The highest BCUT2D eigenvalue weighted by atomic mass is 19.1. The molecule has 6 heteroatoms. The van der Waals surface area contributed by atoms with Crippen molar-refractivity contribution in [2.24, 2.45) is 5.10 Å². The maximum atomic E-state index is 13.2. The van der Waals surface area contributed by atoms with Gasteiger partial charge in [0.2, 0.25) is 0 Å². The molecular formula is C15H13FN2O3. The number of benzene rings is 2. The Hall–Kier alpha value is -2.89. The van der Waals surface area contributed by atoms with Crippen LogP contribution in [0, 0.1) is 5.82 Å². The molecule has 0 spiro atoms. The van der Waals surface area contributed by atoms with Crippen LogP contribution in [0.2, 0.25) is 0 Å². The first-order valence-electron chi connectivity index (χ1n) is 6.14. The molecule has 0 unspecified atom stereocenters. The summed E-state index contributed by atoms with van der Waals surface area (Å²) in [6, 6.07) is 12.3. The number of nitrogens with zero attached hydrogens (tertiary/aromatic N) is 1. The predicted molar refractivity (Wildman–Crippen MR) is 75.7 cm³/mol. The highest BCUT2D eigenvalue weighted by Gasteiger charge is 2.05. The zero-order chi connectivity index (χ0) is 15.1. The van der Waals surface area contributed by atoms with E-state index in [2.05, 4.69) is 10.5 Å². The molecule has 0 atom stereocenters. The Bertz CT molecular complexity index is 659. The molecule has 0 bridgehead atoms. The van der Waals surface area contributed by atoms with Crippen LogP contribution in [0.4, 0.5) is 4.39 Å². The summed E-state index contributed by atoms with van der Waals surface area (Å²) < 4.78 is 18.3. The normalized spacial score (nSPS) is 10.5. The second-order valence-corrected chi connectivity index (χ2v) is 4.07. The van der Waals surface area contributed by atoms with Crippen molar-refractivity contribution in [3.05, 3.63) is 59.9 Å². The fourth-order valence-electron chi connectivity index (χ4n) is 1.51. The minimum Gasteiger partial charge on any atom is -0.507 e. The second kappa shape index (κ2) is 7.04. The molecule has 0 saturated heterocycles. The lowest BCUT2D eigenvalue weighted by Gasteiger charge is -2.05. The van der Waals surface area contributed by atoms with E-state index >= 15 is 0 Å². The van der Waals surface area contributed by atoms with Crippen LogP contribution in [-0.2, 0) is 4.79 Å². The van der Waals surface area contributed by atoms with E-state index in [4.69, 9.17) is 4.74 Å². The molecule has 0 aromatic heterocycles. The molecular weight excluding hydrogens is 275 g/mol. The number of hydrogen-bond donors (Lipinski definition) is 2. The van der Waals surface area contributed by atoms with Gasteiger partial charge in [0.1, 0.15) is 5.75 Å². The molecule has 0 aliphatic rings. The highest BCUT2D eigenvalue weighted by Crippen LogP contribution is 2.15. The van der Waals surface area contributed by atoms with Gasteiger partial charge in [0, 0.05) is 5.56 Å². The lowest BCUT2D eigenvalue weighted by molar-refractivity contribution is -0.123. The van der Waals surface area contributed by atoms with Gasteiger partial charge in [-0.25, -0.2) is 9.82 Å². The van der Waals surface area contributed by atoms with Crippen LogP contribution in [-0.4, -0.2) is 23.8 Å². The Balaban J connectivity index is 1.83. The molecule has 0 saturated carbocycles. The SMILES string of the molecule is O=C(COc1ccccc1F)N/N=C/c1ccccc1O. The Morgan fingerprint density at radius 1 is 1.24 bits per heavy atom. The van der Waals surface area contributed by atoms with Gasteiger partial charge in [-0.15, -0.1) is 0 Å². The third kappa shape index (κ3) is 4.31. The van der Waals surface area contributed by atoms with Crippen molar-refractivity contribution in [2.75, 3.05) is 6.61 Å². The number of amides is 1. The summed E-state index contributed by atoms with van der Waals surface area (Å²) in [5.74, 6) is -1.02. The van der Waals surface area contributed by atoms with Crippen molar-refractivity contribution in [1.82, 2.24) is 5.43 Å². The number of phenols is 1. The van der Waals surface area contributed by atoms with Crippen LogP contribution in [0.5, 0.6) is 11.5 Å². The summed E-state index contributed by atoms with van der Waals surface area (Å²) in [5, 5.41) is 13.2. The average molecular weight is 288 g/mol. The van der Waals surface area contributed by atoms with Crippen molar-refractivity contribution in [1.29, 1.82) is 0 Å². The molecule has 2 aromatic rings. The summed E-state index contributed by atoms with van der Waals surface area (Å²) in [4.78, 5) is 11.5. The maximum Gasteiger partial charge on any atom is 0.277 e. The molecule has 1 amide bonds. The first-order valence-corrected chi connectivity index (χ1v) is 6.14. The lowest BCUT2D eigenvalue weighted by atomic mass is 10.2. The van der Waals surface area contributed by atoms with Gasteiger partial charge in [-0.1, -0.05) is 24.3 Å². The van der Waals surface area contributed by atoms with E-state index in [1.807, 2.05) is 0 Å². The largest absolute Gasteiger partial charge is 0.507 e. The van der Waals surface area contributed by atoms with Gasteiger partial charge in [0.05, 0.1) is 6.21 Å². The molecule has 5 nitrogen and oxygen atoms in total. The highest BCUT2D eigenvalue weighted by molar-refractivity contribution is 5.85. The smallest absolute Gasteiger partial charge is 0.277 e. The van der Waals surface area contributed by atoms with Crippen LogP contribution in [0.3, 0.4) is 0 Å². The summed E-state index contributed by atoms with van der Waals surface area (Å²) in [5.41, 5.74) is 2.69. The van der Waals surface area contributed by atoms with Gasteiger partial charge in [0.25, 0.3) is 5.91 Å². The van der Waals surface area contributed by atoms with E-state index in [1.165, 1.54) is 30.5 Å². The molecule has 0 aliphatic heterocycles. The maximum absolute atomic E-state index is 13.2. The number of ether oxygens (including phenoxy) is 1. The molecule has 2 rings (SSSR count). The van der Waals surface area contributed by atoms with Crippen molar-refractivity contribution in [3.63, 3.8) is 0 Å². The van der Waals surface area contributed by atoms with Crippen LogP contribution < -0.4 is 10.2 Å². The van der Waals surface area contributed by atoms with Crippen LogP contribution >= 0.6 is 0 Å². The van der Waals surface area contributed by atoms with Gasteiger partial charge >= 0.3 is 0 Å². The number of halogens is 1. The Morgan fingerprint density at radius 3 is 2.71 bits per heavy atom. The zero-order valence-corrected chi connectivity index (χ0v) is 11.0. The van der Waals surface area contributed by atoms with Crippen molar-refractivity contribution in [2.45, 2.75) is 0 Å². The van der Waals surface area contributed by atoms with Gasteiger partial charge in [-0.2, -0.15) is 5.10 Å². The summed E-state index contributed by atoms with van der Waals surface area (Å²) in [6.07, 6.45) is 1.30. The van der Waals surface area contributed by atoms with Gasteiger partial charge in [-0.05, 0) is 24.3 Å². The molecule has 0 heterocycles. The topological polar surface area (TPSA) is 70.9 Å². The first-order chi connectivity index (χ1) is 10.2. The number of carbonyl (C=O) groups is 1. The monoisotopic (exact) mass is 288 g/mol. The lowest BCUT2D eigenvalue weighted by Crippen LogP contribution is -2.24. The average Bonchev–Trinajstić information content (AvgIpc) is 2.48. The Labute approximate surface area is 120 Å². The van der Waals surface area contributed by atoms with E-state index in [9.17, 15) is 14.3 Å². The van der Waals surface area contributed by atoms with Crippen LogP contribution in [0.25, 0.3) is 0 Å². The molecule has 108 valence electrons. The predicted octanol–water partition coefficient (Wildman–Crippen LogP) is 2.06. The first kappa shape index (κ1) is 14.5. The van der Waals surface area contributed by atoms with Gasteiger partial charge < -0.3 is 9.84 Å². The van der Waals surface area contributed by atoms with Gasteiger partial charge in [0.15, 0.2) is 18.2 Å². The number of phenolic OH excluding ortho intramolecular Hbond substituents is 1. The molecule has 0 aliphatic carbocycles. The minimum absolute atomic E-state index is 0.00247. The molecule has 2 aromatic carbocycles. The third-order valence-electron chi connectivity index (χ3n) is 2.53. The quantitative estimate of drug-likeness (QED) is 0.653. The van der Waals surface area contributed by atoms with E-state index in [1.54, 1.807) is 24.3 Å². The van der Waals surface area contributed by atoms with Gasteiger partial charge in [-0.3, -0.25) is 4.79 Å². The van der Waals surface area contributed by atoms with Crippen molar-refractivity contribution >= 4 is 12.1 Å². The van der Waals surface area contributed by atoms with E-state index in [0.717, 1.165) is 0 Å².